The highest BCUT2D eigenvalue weighted by atomic mass is 14.6. The molecule has 0 aliphatic rings. The van der Waals surface area contributed by atoms with Gasteiger partial charge >= 0.3 is 0 Å². The molecule has 0 N–H and O–H groups in total. The van der Waals surface area contributed by atoms with Crippen LogP contribution in [0.3, 0.4) is 0 Å². The summed E-state index contributed by atoms with van der Waals surface area (Å²) in [6, 6.07) is 10.2. The molecule has 1 nitrogen and oxygen atoms in total. The van der Waals surface area contributed by atoms with E-state index in [1.807, 2.05) is 24.4 Å². The lowest BCUT2D eigenvalue weighted by Crippen LogP contribution is -1.84. The molecule has 0 atom stereocenters. The molecular formula is C12H10N. The molecule has 0 spiro atoms. The van der Waals surface area contributed by atoms with Gasteiger partial charge in [-0.1, -0.05) is 24.8 Å². The van der Waals surface area contributed by atoms with Crippen molar-refractivity contribution in [3.8, 4) is 0 Å². The zero-order chi connectivity index (χ0) is 9.10. The van der Waals surface area contributed by atoms with Gasteiger partial charge in [0.15, 0.2) is 0 Å². The summed E-state index contributed by atoms with van der Waals surface area (Å²) >= 11 is 0. The summed E-state index contributed by atoms with van der Waals surface area (Å²) in [6.07, 6.45) is 5.50. The first-order chi connectivity index (χ1) is 6.40. The number of aromatic nitrogens is 1. The molecule has 0 saturated heterocycles. The van der Waals surface area contributed by atoms with Crippen LogP contribution >= 0.6 is 0 Å². The predicted octanol–water partition coefficient (Wildman–Crippen LogP) is 2.77. The van der Waals surface area contributed by atoms with Crippen molar-refractivity contribution in [1.82, 2.24) is 4.98 Å². The first kappa shape index (κ1) is 7.99. The Hall–Kier alpha value is -1.63. The second-order valence-corrected chi connectivity index (χ2v) is 2.96. The largest absolute Gasteiger partial charge is 0.256 e. The maximum Gasteiger partial charge on any atom is 0.0702 e. The predicted molar refractivity (Wildman–Crippen MR) is 54.3 cm³/mol. The van der Waals surface area contributed by atoms with Crippen molar-refractivity contribution >= 4 is 10.9 Å². The molecule has 2 rings (SSSR count). The standard InChI is InChI=1S/C12H10N/c1-2-5-10-8-11-6-3-4-7-12(11)13-9-10/h3-4,6-9H,1,5H2. The van der Waals surface area contributed by atoms with Crippen molar-refractivity contribution in [1.29, 1.82) is 0 Å². The van der Waals surface area contributed by atoms with E-state index < -0.39 is 0 Å². The fourth-order valence-corrected chi connectivity index (χ4v) is 1.36. The van der Waals surface area contributed by atoms with E-state index in [4.69, 9.17) is 0 Å². The van der Waals surface area contributed by atoms with Crippen molar-refractivity contribution in [2.75, 3.05) is 0 Å². The van der Waals surface area contributed by atoms with E-state index >= 15 is 0 Å². The van der Waals surface area contributed by atoms with Gasteiger partial charge in [0.05, 0.1) is 5.52 Å². The van der Waals surface area contributed by atoms with Crippen LogP contribution in [0, 0.1) is 6.08 Å². The van der Waals surface area contributed by atoms with Crippen molar-refractivity contribution in [2.45, 2.75) is 6.42 Å². The molecule has 0 saturated carbocycles. The SMILES string of the molecule is C=[C]Cc1cnc2ccccc2c1. The highest BCUT2D eigenvalue weighted by Crippen LogP contribution is 2.12. The third kappa shape index (κ3) is 1.59. The fourth-order valence-electron chi connectivity index (χ4n) is 1.36. The number of rotatable bonds is 2. The Kier molecular flexibility index (Phi) is 2.09. The maximum atomic E-state index is 4.33. The van der Waals surface area contributed by atoms with Crippen LogP contribution in [0.4, 0.5) is 0 Å². The molecule has 1 heteroatoms. The molecule has 63 valence electrons. The Morgan fingerprint density at radius 2 is 2.15 bits per heavy atom. The third-order valence-electron chi connectivity index (χ3n) is 1.98. The molecule has 2 aromatic rings. The van der Waals surface area contributed by atoms with Gasteiger partial charge in [-0.2, -0.15) is 0 Å². The smallest absolute Gasteiger partial charge is 0.0702 e. The average molecular weight is 168 g/mol. The Morgan fingerprint density at radius 1 is 1.31 bits per heavy atom. The molecule has 0 bridgehead atoms. The van der Waals surface area contributed by atoms with Crippen molar-refractivity contribution in [2.24, 2.45) is 0 Å². The van der Waals surface area contributed by atoms with Crippen molar-refractivity contribution < 1.29 is 0 Å². The number of benzene rings is 1. The summed E-state index contributed by atoms with van der Waals surface area (Å²) in [5.41, 5.74) is 2.20. The van der Waals surface area contributed by atoms with Crippen molar-refractivity contribution in [3.63, 3.8) is 0 Å². The number of fused-ring (bicyclic) bond motifs is 1. The van der Waals surface area contributed by atoms with Gasteiger partial charge in [0.25, 0.3) is 0 Å². The lowest BCUT2D eigenvalue weighted by Gasteiger charge is -1.98. The normalized spacial score (nSPS) is 10.2. The van der Waals surface area contributed by atoms with Gasteiger partial charge in [-0.15, -0.1) is 0 Å². The minimum atomic E-state index is 0.762. The van der Waals surface area contributed by atoms with Gasteiger partial charge in [0, 0.05) is 11.6 Å². The Balaban J connectivity index is 2.55. The summed E-state index contributed by atoms with van der Waals surface area (Å²) in [5, 5.41) is 1.18. The van der Waals surface area contributed by atoms with Crippen LogP contribution in [-0.2, 0) is 6.42 Å². The van der Waals surface area contributed by atoms with E-state index in [-0.39, 0.29) is 0 Å². The Labute approximate surface area is 77.7 Å². The molecule has 1 radical (unpaired) electrons. The highest BCUT2D eigenvalue weighted by molar-refractivity contribution is 5.78. The number of para-hydroxylation sites is 1. The number of pyridine rings is 1. The minimum absolute atomic E-state index is 0.762. The highest BCUT2D eigenvalue weighted by Gasteiger charge is 1.94. The minimum Gasteiger partial charge on any atom is -0.256 e. The van der Waals surface area contributed by atoms with Crippen LogP contribution < -0.4 is 0 Å². The van der Waals surface area contributed by atoms with Gasteiger partial charge in [0.1, 0.15) is 0 Å². The number of hydrogen-bond donors (Lipinski definition) is 0. The number of allylic oxidation sites excluding steroid dienone is 1. The van der Waals surface area contributed by atoms with Crippen molar-refractivity contribution in [3.05, 3.63) is 54.7 Å². The first-order valence-electron chi connectivity index (χ1n) is 4.24. The van der Waals surface area contributed by atoms with Crippen LogP contribution in [0.2, 0.25) is 0 Å². The zero-order valence-electron chi connectivity index (χ0n) is 7.33. The molecule has 1 aromatic carbocycles. The van der Waals surface area contributed by atoms with Crippen LogP contribution in [0.15, 0.2) is 43.1 Å². The van der Waals surface area contributed by atoms with Crippen LogP contribution in [-0.4, -0.2) is 4.98 Å². The van der Waals surface area contributed by atoms with E-state index in [1.54, 1.807) is 0 Å². The molecule has 0 amide bonds. The Bertz CT molecular complexity index is 432. The number of nitrogens with zero attached hydrogens (tertiary/aromatic N) is 1. The van der Waals surface area contributed by atoms with E-state index in [0.717, 1.165) is 17.5 Å². The van der Waals surface area contributed by atoms with Gasteiger partial charge in [-0.05, 0) is 30.2 Å². The van der Waals surface area contributed by atoms with Gasteiger partial charge in [-0.25, -0.2) is 0 Å². The molecule has 1 heterocycles. The maximum absolute atomic E-state index is 4.33. The fraction of sp³-hybridized carbons (Fsp3) is 0.0833. The van der Waals surface area contributed by atoms with E-state index in [9.17, 15) is 0 Å². The van der Waals surface area contributed by atoms with E-state index in [1.165, 1.54) is 5.39 Å². The molecule has 0 unspecified atom stereocenters. The molecule has 0 fully saturated rings. The van der Waals surface area contributed by atoms with Gasteiger partial charge in [0.2, 0.25) is 0 Å². The average Bonchev–Trinajstić information content (AvgIpc) is 2.18. The third-order valence-corrected chi connectivity index (χ3v) is 1.98. The quantitative estimate of drug-likeness (QED) is 0.672. The summed E-state index contributed by atoms with van der Waals surface area (Å²) in [5.74, 6) is 0. The zero-order valence-corrected chi connectivity index (χ0v) is 7.33. The van der Waals surface area contributed by atoms with E-state index in [2.05, 4.69) is 29.8 Å². The monoisotopic (exact) mass is 168 g/mol. The second kappa shape index (κ2) is 3.40. The van der Waals surface area contributed by atoms with Crippen LogP contribution in [0.25, 0.3) is 10.9 Å². The summed E-state index contributed by atoms with van der Waals surface area (Å²) in [4.78, 5) is 4.33. The molecule has 0 aliphatic heterocycles. The summed E-state index contributed by atoms with van der Waals surface area (Å²) in [7, 11) is 0. The van der Waals surface area contributed by atoms with Gasteiger partial charge in [-0.3, -0.25) is 4.98 Å². The molecular weight excluding hydrogens is 158 g/mol. The van der Waals surface area contributed by atoms with E-state index in [0.29, 0.717) is 0 Å². The summed E-state index contributed by atoms with van der Waals surface area (Å²) in [6.45, 7) is 3.58. The second-order valence-electron chi connectivity index (χ2n) is 2.96. The first-order valence-corrected chi connectivity index (χ1v) is 4.24. The number of hydrogen-bond acceptors (Lipinski definition) is 1. The van der Waals surface area contributed by atoms with Crippen LogP contribution in [0.5, 0.6) is 0 Å². The Morgan fingerprint density at radius 3 is 3.00 bits per heavy atom. The topological polar surface area (TPSA) is 12.9 Å². The molecule has 0 aliphatic carbocycles. The lowest BCUT2D eigenvalue weighted by atomic mass is 10.1. The van der Waals surface area contributed by atoms with Gasteiger partial charge < -0.3 is 0 Å². The van der Waals surface area contributed by atoms with Crippen LogP contribution in [0.1, 0.15) is 5.56 Å². The molecule has 13 heavy (non-hydrogen) atoms. The lowest BCUT2D eigenvalue weighted by molar-refractivity contribution is 1.20. The molecule has 1 aromatic heterocycles. The summed E-state index contributed by atoms with van der Waals surface area (Å²) < 4.78 is 0.